The molecular formula is C12H17N3O. The Morgan fingerprint density at radius 1 is 1.12 bits per heavy atom. The number of aromatic nitrogens is 3. The van der Waals surface area contributed by atoms with Crippen LogP contribution in [0.3, 0.4) is 0 Å². The van der Waals surface area contributed by atoms with Gasteiger partial charge in [-0.1, -0.05) is 31.2 Å². The number of rotatable bonds is 1. The van der Waals surface area contributed by atoms with E-state index in [1.165, 1.54) is 0 Å². The maximum absolute atomic E-state index is 9.61. The Morgan fingerprint density at radius 3 is 2.25 bits per heavy atom. The Balaban J connectivity index is 0.000000606. The second kappa shape index (κ2) is 5.30. The molecule has 4 heteroatoms. The third-order valence-electron chi connectivity index (χ3n) is 2.24. The molecule has 0 amide bonds. The fraction of sp³-hybridized carbons (Fsp3) is 0.333. The number of aryl methyl sites for hydroxylation is 1. The van der Waals surface area contributed by atoms with Crippen LogP contribution >= 0.6 is 0 Å². The Labute approximate surface area is 95.5 Å². The lowest BCUT2D eigenvalue weighted by molar-refractivity contribution is 0.469. The molecule has 0 saturated heterocycles. The van der Waals surface area contributed by atoms with Gasteiger partial charge in [0.15, 0.2) is 0 Å². The topological polar surface area (TPSA) is 50.9 Å². The fourth-order valence-electron chi connectivity index (χ4n) is 1.28. The Kier molecular flexibility index (Phi) is 4.05. The number of phenolic OH excluding ortho intramolecular Hbond substituents is 1. The third kappa shape index (κ3) is 2.21. The van der Waals surface area contributed by atoms with Crippen LogP contribution in [-0.2, 0) is 0 Å². The minimum Gasteiger partial charge on any atom is -0.506 e. The van der Waals surface area contributed by atoms with Gasteiger partial charge in [-0.15, -0.1) is 5.10 Å². The van der Waals surface area contributed by atoms with Gasteiger partial charge in [0, 0.05) is 0 Å². The van der Waals surface area contributed by atoms with E-state index in [-0.39, 0.29) is 5.75 Å². The van der Waals surface area contributed by atoms with E-state index >= 15 is 0 Å². The minimum absolute atomic E-state index is 0.209. The molecule has 16 heavy (non-hydrogen) atoms. The normalized spacial score (nSPS) is 9.50. The van der Waals surface area contributed by atoms with Crippen molar-refractivity contribution in [2.24, 2.45) is 0 Å². The van der Waals surface area contributed by atoms with Gasteiger partial charge in [-0.2, -0.15) is 0 Å². The second-order valence-electron chi connectivity index (χ2n) is 3.16. The highest BCUT2D eigenvalue weighted by atomic mass is 16.3. The zero-order valence-electron chi connectivity index (χ0n) is 10.1. The predicted molar refractivity (Wildman–Crippen MR) is 63.8 cm³/mol. The standard InChI is InChI=1S/C10H11N3O.C2H6/c1-7-8(2)13(12-11-7)9-5-3-4-6-10(9)14;1-2/h3-6,14H,1-2H3;1-2H3. The van der Waals surface area contributed by atoms with E-state index in [4.69, 9.17) is 0 Å². The van der Waals surface area contributed by atoms with Gasteiger partial charge in [0.05, 0.1) is 11.4 Å². The van der Waals surface area contributed by atoms with Gasteiger partial charge in [0.25, 0.3) is 0 Å². The summed E-state index contributed by atoms with van der Waals surface area (Å²) in [6.07, 6.45) is 0. The van der Waals surface area contributed by atoms with Crippen LogP contribution in [0.25, 0.3) is 5.69 Å². The fourth-order valence-corrected chi connectivity index (χ4v) is 1.28. The van der Waals surface area contributed by atoms with E-state index in [0.29, 0.717) is 5.69 Å². The Morgan fingerprint density at radius 2 is 1.75 bits per heavy atom. The molecule has 2 aromatic rings. The van der Waals surface area contributed by atoms with Crippen molar-refractivity contribution >= 4 is 0 Å². The molecule has 0 saturated carbocycles. The van der Waals surface area contributed by atoms with Crippen molar-refractivity contribution in [3.05, 3.63) is 35.7 Å². The maximum atomic E-state index is 9.61. The van der Waals surface area contributed by atoms with Crippen LogP contribution in [0.4, 0.5) is 0 Å². The van der Waals surface area contributed by atoms with Crippen molar-refractivity contribution < 1.29 is 5.11 Å². The van der Waals surface area contributed by atoms with Crippen LogP contribution in [0.5, 0.6) is 5.75 Å². The Hall–Kier alpha value is -1.84. The van der Waals surface area contributed by atoms with Gasteiger partial charge in [0.1, 0.15) is 11.4 Å². The first-order valence-electron chi connectivity index (χ1n) is 5.37. The average molecular weight is 219 g/mol. The summed E-state index contributed by atoms with van der Waals surface area (Å²) in [7, 11) is 0. The number of hydrogen-bond donors (Lipinski definition) is 1. The largest absolute Gasteiger partial charge is 0.506 e. The molecule has 0 aliphatic carbocycles. The third-order valence-corrected chi connectivity index (χ3v) is 2.24. The average Bonchev–Trinajstić information content (AvgIpc) is 2.64. The molecule has 1 N–H and O–H groups in total. The smallest absolute Gasteiger partial charge is 0.141 e. The zero-order valence-corrected chi connectivity index (χ0v) is 10.1. The highest BCUT2D eigenvalue weighted by Crippen LogP contribution is 2.21. The summed E-state index contributed by atoms with van der Waals surface area (Å²) in [5, 5.41) is 17.5. The molecule has 0 bridgehead atoms. The van der Waals surface area contributed by atoms with Crippen LogP contribution in [0, 0.1) is 13.8 Å². The molecule has 0 atom stereocenters. The molecule has 1 aromatic carbocycles. The van der Waals surface area contributed by atoms with Crippen LogP contribution < -0.4 is 0 Å². The van der Waals surface area contributed by atoms with Crippen molar-refractivity contribution in [2.75, 3.05) is 0 Å². The van der Waals surface area contributed by atoms with Gasteiger partial charge in [-0.05, 0) is 26.0 Å². The van der Waals surface area contributed by atoms with Crippen molar-refractivity contribution in [1.82, 2.24) is 15.0 Å². The number of para-hydroxylation sites is 2. The lowest BCUT2D eigenvalue weighted by Gasteiger charge is -2.04. The predicted octanol–water partition coefficient (Wildman–Crippen LogP) is 2.62. The first-order chi connectivity index (χ1) is 7.70. The molecule has 0 aliphatic rings. The minimum atomic E-state index is 0.209. The molecule has 1 aromatic heterocycles. The lowest BCUT2D eigenvalue weighted by Crippen LogP contribution is -1.99. The molecule has 1 heterocycles. The number of benzene rings is 1. The summed E-state index contributed by atoms with van der Waals surface area (Å²) in [6, 6.07) is 7.06. The van der Waals surface area contributed by atoms with Gasteiger partial charge >= 0.3 is 0 Å². The molecule has 0 unspecified atom stereocenters. The Bertz CT molecular complexity index is 463. The van der Waals surface area contributed by atoms with Crippen molar-refractivity contribution in [3.8, 4) is 11.4 Å². The zero-order chi connectivity index (χ0) is 12.1. The maximum Gasteiger partial charge on any atom is 0.141 e. The number of aromatic hydroxyl groups is 1. The molecule has 0 spiro atoms. The van der Waals surface area contributed by atoms with Crippen LogP contribution in [0.1, 0.15) is 25.2 Å². The van der Waals surface area contributed by atoms with Crippen LogP contribution in [-0.4, -0.2) is 20.1 Å². The summed E-state index contributed by atoms with van der Waals surface area (Å²) in [4.78, 5) is 0. The summed E-state index contributed by atoms with van der Waals surface area (Å²) < 4.78 is 1.63. The number of hydrogen-bond acceptors (Lipinski definition) is 3. The summed E-state index contributed by atoms with van der Waals surface area (Å²) in [6.45, 7) is 7.81. The summed E-state index contributed by atoms with van der Waals surface area (Å²) in [5.74, 6) is 0.209. The molecule has 0 fully saturated rings. The first kappa shape index (κ1) is 12.2. The highest BCUT2D eigenvalue weighted by molar-refractivity contribution is 5.45. The summed E-state index contributed by atoms with van der Waals surface area (Å²) >= 11 is 0. The molecule has 86 valence electrons. The molecule has 0 aliphatic heterocycles. The van der Waals surface area contributed by atoms with Gasteiger partial charge in [-0.25, -0.2) is 4.68 Å². The lowest BCUT2D eigenvalue weighted by atomic mass is 10.3. The number of nitrogens with zero attached hydrogens (tertiary/aromatic N) is 3. The van der Waals surface area contributed by atoms with Crippen LogP contribution in [0.15, 0.2) is 24.3 Å². The van der Waals surface area contributed by atoms with Gasteiger partial charge < -0.3 is 5.11 Å². The first-order valence-corrected chi connectivity index (χ1v) is 5.37. The van der Waals surface area contributed by atoms with E-state index in [0.717, 1.165) is 11.4 Å². The van der Waals surface area contributed by atoms with Crippen molar-refractivity contribution in [3.63, 3.8) is 0 Å². The van der Waals surface area contributed by atoms with Gasteiger partial charge in [-0.3, -0.25) is 0 Å². The second-order valence-corrected chi connectivity index (χ2v) is 3.16. The van der Waals surface area contributed by atoms with Crippen molar-refractivity contribution in [2.45, 2.75) is 27.7 Å². The van der Waals surface area contributed by atoms with E-state index in [2.05, 4.69) is 10.3 Å². The quantitative estimate of drug-likeness (QED) is 0.802. The monoisotopic (exact) mass is 219 g/mol. The van der Waals surface area contributed by atoms with Gasteiger partial charge in [0.2, 0.25) is 0 Å². The molecule has 0 radical (unpaired) electrons. The molecule has 4 nitrogen and oxygen atoms in total. The highest BCUT2D eigenvalue weighted by Gasteiger charge is 2.08. The molecular weight excluding hydrogens is 202 g/mol. The SMILES string of the molecule is CC.Cc1nnn(-c2ccccc2O)c1C. The summed E-state index contributed by atoms with van der Waals surface area (Å²) in [5.41, 5.74) is 2.46. The van der Waals surface area contributed by atoms with E-state index in [1.54, 1.807) is 22.9 Å². The van der Waals surface area contributed by atoms with E-state index in [9.17, 15) is 5.11 Å². The molecule has 2 rings (SSSR count). The van der Waals surface area contributed by atoms with Crippen molar-refractivity contribution in [1.29, 1.82) is 0 Å². The number of phenols is 1. The van der Waals surface area contributed by atoms with Crippen LogP contribution in [0.2, 0.25) is 0 Å². The van der Waals surface area contributed by atoms with E-state index in [1.807, 2.05) is 33.8 Å². The van der Waals surface area contributed by atoms with E-state index < -0.39 is 0 Å².